The van der Waals surface area contributed by atoms with Gasteiger partial charge in [-0.25, -0.2) is 0 Å². The zero-order chi connectivity index (χ0) is 17.4. The van der Waals surface area contributed by atoms with Crippen LogP contribution in [0.3, 0.4) is 0 Å². The van der Waals surface area contributed by atoms with E-state index in [0.717, 1.165) is 44.9 Å². The molecule has 4 N–H and O–H groups in total. The van der Waals surface area contributed by atoms with Gasteiger partial charge in [-0.2, -0.15) is 0 Å². The Morgan fingerprint density at radius 3 is 2.33 bits per heavy atom. The van der Waals surface area contributed by atoms with Crippen LogP contribution in [0.1, 0.15) is 65.2 Å². The lowest BCUT2D eigenvalue weighted by Gasteiger charge is -2.66. The van der Waals surface area contributed by atoms with Crippen LogP contribution in [-0.2, 0) is 0 Å². The van der Waals surface area contributed by atoms with Crippen molar-refractivity contribution in [2.75, 3.05) is 13.2 Å². The third kappa shape index (κ3) is 1.84. The summed E-state index contributed by atoms with van der Waals surface area (Å²) in [6.07, 6.45) is 7.33. The summed E-state index contributed by atoms with van der Waals surface area (Å²) in [6.45, 7) is 4.43. The van der Waals surface area contributed by atoms with Crippen LogP contribution < -0.4 is 0 Å². The predicted molar refractivity (Wildman–Crippen MR) is 91.2 cm³/mol. The first kappa shape index (κ1) is 17.3. The van der Waals surface area contributed by atoms with E-state index in [4.69, 9.17) is 0 Å². The molecule has 2 bridgehead atoms. The van der Waals surface area contributed by atoms with Crippen LogP contribution in [0.15, 0.2) is 0 Å². The molecule has 0 unspecified atom stereocenters. The molecule has 0 aliphatic heterocycles. The number of aliphatic hydroxyl groups is 4. The third-order valence-electron chi connectivity index (χ3n) is 9.54. The first-order chi connectivity index (χ1) is 11.3. The molecule has 138 valence electrons. The highest BCUT2D eigenvalue weighted by atomic mass is 16.3. The van der Waals surface area contributed by atoms with Gasteiger partial charge in [-0.15, -0.1) is 0 Å². The van der Waals surface area contributed by atoms with Crippen LogP contribution in [0.25, 0.3) is 0 Å². The van der Waals surface area contributed by atoms with Gasteiger partial charge in [0.05, 0.1) is 24.9 Å². The molecule has 0 amide bonds. The first-order valence-corrected chi connectivity index (χ1v) is 9.88. The van der Waals surface area contributed by atoms with Crippen molar-refractivity contribution in [1.82, 2.24) is 0 Å². The molecule has 0 aromatic carbocycles. The Kier molecular flexibility index (Phi) is 3.73. The van der Waals surface area contributed by atoms with Crippen LogP contribution in [0.2, 0.25) is 0 Å². The molecule has 4 nitrogen and oxygen atoms in total. The first-order valence-electron chi connectivity index (χ1n) is 9.88. The minimum Gasteiger partial charge on any atom is -0.396 e. The highest BCUT2D eigenvalue weighted by Gasteiger charge is 2.70. The molecule has 24 heavy (non-hydrogen) atoms. The quantitative estimate of drug-likeness (QED) is 0.621. The van der Waals surface area contributed by atoms with E-state index in [1.54, 1.807) is 0 Å². The molecule has 8 atom stereocenters. The topological polar surface area (TPSA) is 80.9 Å². The highest BCUT2D eigenvalue weighted by molar-refractivity contribution is 5.19. The van der Waals surface area contributed by atoms with Crippen LogP contribution in [0.5, 0.6) is 0 Å². The van der Waals surface area contributed by atoms with Crippen molar-refractivity contribution in [2.45, 2.75) is 76.9 Å². The summed E-state index contributed by atoms with van der Waals surface area (Å²) < 4.78 is 0. The molecule has 0 saturated heterocycles. The Morgan fingerprint density at radius 2 is 1.67 bits per heavy atom. The molecule has 4 fully saturated rings. The van der Waals surface area contributed by atoms with E-state index < -0.39 is 17.1 Å². The summed E-state index contributed by atoms with van der Waals surface area (Å²) in [5.41, 5.74) is -0.949. The Morgan fingerprint density at radius 1 is 0.917 bits per heavy atom. The number of fused-ring (bicyclic) bond motifs is 2. The van der Waals surface area contributed by atoms with Gasteiger partial charge in [0, 0.05) is 5.41 Å². The summed E-state index contributed by atoms with van der Waals surface area (Å²) in [6, 6.07) is 0. The highest BCUT2D eigenvalue weighted by Crippen LogP contribution is 2.75. The van der Waals surface area contributed by atoms with Crippen LogP contribution in [-0.4, -0.2) is 45.3 Å². The summed E-state index contributed by atoms with van der Waals surface area (Å²) in [7, 11) is 0. The van der Waals surface area contributed by atoms with Crippen molar-refractivity contribution < 1.29 is 20.4 Å². The lowest BCUT2D eigenvalue weighted by molar-refractivity contribution is -0.216. The fourth-order valence-corrected chi connectivity index (χ4v) is 7.93. The van der Waals surface area contributed by atoms with E-state index in [1.165, 1.54) is 0 Å². The molecule has 4 aliphatic rings. The summed E-state index contributed by atoms with van der Waals surface area (Å²) in [5, 5.41) is 41.3. The van der Waals surface area contributed by atoms with Crippen LogP contribution >= 0.6 is 0 Å². The summed E-state index contributed by atoms with van der Waals surface area (Å²) in [4.78, 5) is 0. The normalized spacial score (nSPS) is 59.8. The van der Waals surface area contributed by atoms with E-state index in [-0.39, 0.29) is 30.0 Å². The molecule has 4 rings (SSSR count). The van der Waals surface area contributed by atoms with Crippen LogP contribution in [0.4, 0.5) is 0 Å². The second-order valence-corrected chi connectivity index (χ2v) is 10.0. The van der Waals surface area contributed by atoms with E-state index in [1.807, 2.05) is 0 Å². The maximum atomic E-state index is 10.9. The number of hydrogen-bond donors (Lipinski definition) is 4. The summed E-state index contributed by atoms with van der Waals surface area (Å²) >= 11 is 0. The van der Waals surface area contributed by atoms with Crippen molar-refractivity contribution in [3.63, 3.8) is 0 Å². The Labute approximate surface area is 145 Å². The van der Waals surface area contributed by atoms with Crippen molar-refractivity contribution in [3.8, 4) is 0 Å². The molecule has 1 spiro atoms. The minimum atomic E-state index is -0.886. The average molecular weight is 338 g/mol. The average Bonchev–Trinajstić information content (AvgIpc) is 2.93. The fraction of sp³-hybridized carbons (Fsp3) is 1.00. The molecule has 0 heterocycles. The smallest absolute Gasteiger partial charge is 0.0905 e. The molecular weight excluding hydrogens is 304 g/mol. The van der Waals surface area contributed by atoms with E-state index in [0.29, 0.717) is 18.3 Å². The number of rotatable bonds is 2. The maximum Gasteiger partial charge on any atom is 0.0905 e. The van der Waals surface area contributed by atoms with Crippen molar-refractivity contribution in [1.29, 1.82) is 0 Å². The molecule has 0 radical (unpaired) electrons. The largest absolute Gasteiger partial charge is 0.396 e. The van der Waals surface area contributed by atoms with Gasteiger partial charge >= 0.3 is 0 Å². The van der Waals surface area contributed by atoms with Gasteiger partial charge in [0.2, 0.25) is 0 Å². The van der Waals surface area contributed by atoms with Gasteiger partial charge in [-0.05, 0) is 80.0 Å². The third-order valence-corrected chi connectivity index (χ3v) is 9.54. The van der Waals surface area contributed by atoms with Gasteiger partial charge < -0.3 is 20.4 Å². The van der Waals surface area contributed by atoms with Crippen molar-refractivity contribution in [2.24, 2.45) is 34.0 Å². The zero-order valence-electron chi connectivity index (χ0n) is 15.2. The van der Waals surface area contributed by atoms with Gasteiger partial charge in [0.15, 0.2) is 0 Å². The van der Waals surface area contributed by atoms with Gasteiger partial charge in [0.1, 0.15) is 0 Å². The van der Waals surface area contributed by atoms with Gasteiger partial charge in [-0.1, -0.05) is 13.8 Å². The van der Waals surface area contributed by atoms with Crippen molar-refractivity contribution >= 4 is 0 Å². The lowest BCUT2D eigenvalue weighted by Crippen LogP contribution is -2.63. The molecule has 4 saturated carbocycles. The maximum absolute atomic E-state index is 10.9. The fourth-order valence-electron chi connectivity index (χ4n) is 7.93. The molecular formula is C20H34O4. The summed E-state index contributed by atoms with van der Waals surface area (Å²) in [5.74, 6) is 1.18. The van der Waals surface area contributed by atoms with Gasteiger partial charge in [0.25, 0.3) is 0 Å². The predicted octanol–water partition coefficient (Wildman–Crippen LogP) is 2.09. The Balaban J connectivity index is 1.74. The molecule has 4 heteroatoms. The monoisotopic (exact) mass is 338 g/mol. The second kappa shape index (κ2) is 5.18. The van der Waals surface area contributed by atoms with Crippen LogP contribution in [0, 0.1) is 34.0 Å². The number of aliphatic hydroxyl groups excluding tert-OH is 3. The Hall–Kier alpha value is -0.160. The van der Waals surface area contributed by atoms with Gasteiger partial charge in [-0.3, -0.25) is 0 Å². The Bertz CT molecular complexity index is 524. The number of hydrogen-bond acceptors (Lipinski definition) is 4. The van der Waals surface area contributed by atoms with E-state index in [9.17, 15) is 20.4 Å². The molecule has 0 aromatic rings. The molecule has 0 aromatic heterocycles. The van der Waals surface area contributed by atoms with Crippen molar-refractivity contribution in [3.05, 3.63) is 0 Å². The molecule has 4 aliphatic carbocycles. The standard InChI is InChI=1S/C20H34O4/c1-17(11-21)15-4-3-13-9-14-10-19(13,7-8-20(14,24)12-22)18(15,2)6-5-16(17)23/h13-16,21-24H,3-12H2,1-2H3/t13-,14-,15-,16+,17-,18-,19-,20-/m0/s1. The minimum absolute atomic E-state index is 0.0547. The van der Waals surface area contributed by atoms with E-state index >= 15 is 0 Å². The zero-order valence-corrected chi connectivity index (χ0v) is 15.2. The SMILES string of the molecule is C[C@@]1(CO)[C@H](O)CC[C@@]2(C)[C@H]1CC[C@H]1C[C@H]3C[C@@]12CC[C@]3(O)CO. The lowest BCUT2D eigenvalue weighted by atomic mass is 9.39. The second-order valence-electron chi connectivity index (χ2n) is 10.0. The van der Waals surface area contributed by atoms with E-state index in [2.05, 4.69) is 13.8 Å².